The van der Waals surface area contributed by atoms with E-state index in [1.807, 2.05) is 19.2 Å². The Bertz CT molecular complexity index is 564. The van der Waals surface area contributed by atoms with Gasteiger partial charge >= 0.3 is 0 Å². The highest BCUT2D eigenvalue weighted by molar-refractivity contribution is 5.75. The van der Waals surface area contributed by atoms with Crippen molar-refractivity contribution in [1.82, 2.24) is 15.3 Å². The third kappa shape index (κ3) is 2.22. The lowest BCUT2D eigenvalue weighted by molar-refractivity contribution is 0.363. The summed E-state index contributed by atoms with van der Waals surface area (Å²) in [4.78, 5) is 7.31. The van der Waals surface area contributed by atoms with E-state index in [-0.39, 0.29) is 12.0 Å². The molecule has 0 radical (unpaired) electrons. The van der Waals surface area contributed by atoms with Gasteiger partial charge in [0.05, 0.1) is 29.3 Å². The molecule has 0 fully saturated rings. The van der Waals surface area contributed by atoms with E-state index in [1.165, 1.54) is 0 Å². The maximum atomic E-state index is 9.32. The molecule has 0 bridgehead atoms. The molecule has 2 aromatic rings. The van der Waals surface area contributed by atoms with Crippen molar-refractivity contribution >= 4 is 11.0 Å². The Labute approximate surface area is 107 Å². The zero-order valence-electron chi connectivity index (χ0n) is 10.9. The van der Waals surface area contributed by atoms with Gasteiger partial charge in [0.25, 0.3) is 0 Å². The minimum absolute atomic E-state index is 0.0442. The Morgan fingerprint density at radius 1 is 1.39 bits per heavy atom. The number of aromatic nitrogens is 2. The second kappa shape index (κ2) is 5.19. The first-order chi connectivity index (χ1) is 8.67. The van der Waals surface area contributed by atoms with Gasteiger partial charge in [0, 0.05) is 6.04 Å². The van der Waals surface area contributed by atoms with E-state index in [2.05, 4.69) is 41.3 Å². The average molecular weight is 242 g/mol. The molecule has 1 aromatic carbocycles. The number of nitrogens with zero attached hydrogens (tertiary/aromatic N) is 2. The first kappa shape index (κ1) is 12.6. The van der Waals surface area contributed by atoms with Crippen molar-refractivity contribution in [1.29, 1.82) is 5.26 Å². The van der Waals surface area contributed by atoms with Gasteiger partial charge in [-0.3, -0.25) is 0 Å². The van der Waals surface area contributed by atoms with Crippen molar-refractivity contribution in [2.24, 2.45) is 11.8 Å². The van der Waals surface area contributed by atoms with Gasteiger partial charge in [-0.05, 0) is 30.7 Å². The summed E-state index contributed by atoms with van der Waals surface area (Å²) in [5, 5.41) is 12.6. The lowest BCUT2D eigenvalue weighted by atomic mass is 9.85. The molecule has 2 unspecified atom stereocenters. The molecule has 2 N–H and O–H groups in total. The van der Waals surface area contributed by atoms with Crippen LogP contribution in [0.5, 0.6) is 0 Å². The van der Waals surface area contributed by atoms with Crippen LogP contribution in [0.15, 0.2) is 24.5 Å². The van der Waals surface area contributed by atoms with Gasteiger partial charge in [0.1, 0.15) is 0 Å². The van der Waals surface area contributed by atoms with Gasteiger partial charge in [-0.2, -0.15) is 5.26 Å². The summed E-state index contributed by atoms with van der Waals surface area (Å²) >= 11 is 0. The number of fused-ring (bicyclic) bond motifs is 1. The maximum absolute atomic E-state index is 9.32. The Balaban J connectivity index is 2.40. The van der Waals surface area contributed by atoms with Crippen LogP contribution in [-0.4, -0.2) is 17.0 Å². The fraction of sp³-hybridized carbons (Fsp3) is 0.429. The Hall–Kier alpha value is -1.86. The predicted octanol–water partition coefficient (Wildman–Crippen LogP) is 2.62. The van der Waals surface area contributed by atoms with Gasteiger partial charge in [-0.1, -0.05) is 19.9 Å². The molecule has 0 spiro atoms. The molecule has 0 aliphatic rings. The third-order valence-corrected chi connectivity index (χ3v) is 3.34. The summed E-state index contributed by atoms with van der Waals surface area (Å²) in [7, 11) is 1.90. The van der Waals surface area contributed by atoms with Crippen LogP contribution < -0.4 is 5.32 Å². The number of imidazole rings is 1. The largest absolute Gasteiger partial charge is 0.345 e. The molecule has 1 aromatic heterocycles. The molecule has 0 amide bonds. The van der Waals surface area contributed by atoms with E-state index in [1.54, 1.807) is 6.33 Å². The van der Waals surface area contributed by atoms with Crippen molar-refractivity contribution < 1.29 is 0 Å². The molecular formula is C14H18N4. The molecule has 4 nitrogen and oxygen atoms in total. The average Bonchev–Trinajstić information content (AvgIpc) is 2.82. The summed E-state index contributed by atoms with van der Waals surface area (Å²) in [6.07, 6.45) is 1.69. The molecule has 0 aliphatic heterocycles. The van der Waals surface area contributed by atoms with Crippen molar-refractivity contribution in [3.63, 3.8) is 0 Å². The van der Waals surface area contributed by atoms with E-state index in [4.69, 9.17) is 0 Å². The number of hydrogen-bond acceptors (Lipinski definition) is 3. The van der Waals surface area contributed by atoms with Crippen molar-refractivity contribution in [2.45, 2.75) is 19.9 Å². The lowest BCUT2D eigenvalue weighted by Gasteiger charge is -2.24. The topological polar surface area (TPSA) is 64.5 Å². The monoisotopic (exact) mass is 242 g/mol. The van der Waals surface area contributed by atoms with Crippen LogP contribution in [-0.2, 0) is 0 Å². The number of hydrogen-bond donors (Lipinski definition) is 2. The summed E-state index contributed by atoms with van der Waals surface area (Å²) in [5.74, 6) is 0.264. The van der Waals surface area contributed by atoms with Crippen molar-refractivity contribution in [3.05, 3.63) is 30.1 Å². The Morgan fingerprint density at radius 3 is 2.78 bits per heavy atom. The van der Waals surface area contributed by atoms with E-state index in [9.17, 15) is 5.26 Å². The molecule has 0 aliphatic carbocycles. The smallest absolute Gasteiger partial charge is 0.0931 e. The summed E-state index contributed by atoms with van der Waals surface area (Å²) < 4.78 is 0. The third-order valence-electron chi connectivity index (χ3n) is 3.34. The second-order valence-corrected chi connectivity index (χ2v) is 4.84. The summed E-state index contributed by atoms with van der Waals surface area (Å²) in [6, 6.07) is 8.54. The van der Waals surface area contributed by atoms with E-state index >= 15 is 0 Å². The first-order valence-electron chi connectivity index (χ1n) is 6.17. The highest BCUT2D eigenvalue weighted by atomic mass is 14.9. The molecular weight excluding hydrogens is 224 g/mol. The predicted molar refractivity (Wildman–Crippen MR) is 71.8 cm³/mol. The lowest BCUT2D eigenvalue weighted by Crippen LogP contribution is -2.27. The molecule has 94 valence electrons. The Kier molecular flexibility index (Phi) is 3.63. The number of rotatable bonds is 4. The summed E-state index contributed by atoms with van der Waals surface area (Å²) in [5.41, 5.74) is 3.08. The van der Waals surface area contributed by atoms with Crippen LogP contribution >= 0.6 is 0 Å². The van der Waals surface area contributed by atoms with Crippen LogP contribution in [0.1, 0.15) is 25.5 Å². The number of nitrogens with one attached hydrogen (secondary N) is 2. The normalized spacial score (nSPS) is 14.6. The van der Waals surface area contributed by atoms with Gasteiger partial charge in [0.2, 0.25) is 0 Å². The number of H-pyrrole nitrogens is 1. The zero-order chi connectivity index (χ0) is 13.1. The molecule has 0 saturated heterocycles. The number of aromatic amines is 1. The Morgan fingerprint density at radius 2 is 2.17 bits per heavy atom. The number of nitriles is 1. The van der Waals surface area contributed by atoms with Crippen molar-refractivity contribution in [2.75, 3.05) is 7.05 Å². The summed E-state index contributed by atoms with van der Waals surface area (Å²) in [6.45, 7) is 4.15. The highest BCUT2D eigenvalue weighted by Crippen LogP contribution is 2.28. The van der Waals surface area contributed by atoms with E-state index in [0.29, 0.717) is 5.92 Å². The molecule has 18 heavy (non-hydrogen) atoms. The van der Waals surface area contributed by atoms with Gasteiger partial charge in [-0.25, -0.2) is 4.98 Å². The quantitative estimate of drug-likeness (QED) is 0.866. The SMILES string of the molecule is CNC(c1ccc2nc[nH]c2c1)C(C#N)C(C)C. The minimum atomic E-state index is -0.0460. The molecule has 2 atom stereocenters. The zero-order valence-corrected chi connectivity index (χ0v) is 10.9. The van der Waals surface area contributed by atoms with Crippen LogP contribution in [0.25, 0.3) is 11.0 Å². The maximum Gasteiger partial charge on any atom is 0.0931 e. The van der Waals surface area contributed by atoms with Crippen LogP contribution in [0.3, 0.4) is 0 Å². The molecule has 1 heterocycles. The first-order valence-corrected chi connectivity index (χ1v) is 6.17. The fourth-order valence-corrected chi connectivity index (χ4v) is 2.31. The minimum Gasteiger partial charge on any atom is -0.345 e. The number of benzene rings is 1. The molecule has 2 rings (SSSR count). The van der Waals surface area contributed by atoms with Crippen LogP contribution in [0, 0.1) is 23.2 Å². The van der Waals surface area contributed by atoms with E-state index in [0.717, 1.165) is 16.6 Å². The molecule has 4 heteroatoms. The standard InChI is InChI=1S/C14H18N4/c1-9(2)11(7-15)14(16-3)10-4-5-12-13(6-10)18-8-17-12/h4-6,8-9,11,14,16H,1-3H3,(H,17,18). The van der Waals surface area contributed by atoms with Crippen molar-refractivity contribution in [3.8, 4) is 6.07 Å². The highest BCUT2D eigenvalue weighted by Gasteiger charge is 2.24. The van der Waals surface area contributed by atoms with Crippen LogP contribution in [0.4, 0.5) is 0 Å². The molecule has 0 saturated carbocycles. The second-order valence-electron chi connectivity index (χ2n) is 4.84. The fourth-order valence-electron chi connectivity index (χ4n) is 2.31. The van der Waals surface area contributed by atoms with E-state index < -0.39 is 0 Å². The van der Waals surface area contributed by atoms with Gasteiger partial charge < -0.3 is 10.3 Å². The van der Waals surface area contributed by atoms with Gasteiger partial charge in [-0.15, -0.1) is 0 Å². The van der Waals surface area contributed by atoms with Crippen LogP contribution in [0.2, 0.25) is 0 Å². The van der Waals surface area contributed by atoms with Gasteiger partial charge in [0.15, 0.2) is 0 Å².